The summed E-state index contributed by atoms with van der Waals surface area (Å²) in [5, 5.41) is 4.10. The third kappa shape index (κ3) is 3.59. The Kier molecular flexibility index (Phi) is 5.29. The molecule has 27 heavy (non-hydrogen) atoms. The Morgan fingerprint density at radius 1 is 1.37 bits per heavy atom. The Morgan fingerprint density at radius 3 is 2.70 bits per heavy atom. The first-order valence-corrected chi connectivity index (χ1v) is 9.83. The number of fused-ring (bicyclic) bond motifs is 1. The number of hydrogen-bond donors (Lipinski definition) is 1. The summed E-state index contributed by atoms with van der Waals surface area (Å²) in [5.41, 5.74) is 0. The van der Waals surface area contributed by atoms with Crippen molar-refractivity contribution < 1.29 is 28.7 Å². The molecule has 0 aliphatic carbocycles. The molecular formula is C17H18N2O6S2. The SMILES string of the molecule is COC(=O)C1(C)S[C@@H]2C(NC(=O)Cc3cccs3)C(=O)N2C=C1OC(C)=O. The number of hydrogen-bond acceptors (Lipinski definition) is 8. The summed E-state index contributed by atoms with van der Waals surface area (Å²) in [6.45, 7) is 2.77. The van der Waals surface area contributed by atoms with Crippen molar-refractivity contribution in [1.82, 2.24) is 10.2 Å². The van der Waals surface area contributed by atoms with Crippen molar-refractivity contribution in [1.29, 1.82) is 0 Å². The Hall–Kier alpha value is -2.33. The van der Waals surface area contributed by atoms with Gasteiger partial charge < -0.3 is 14.8 Å². The number of methoxy groups -OCH3 is 1. The van der Waals surface area contributed by atoms with E-state index in [-0.39, 0.29) is 24.0 Å². The van der Waals surface area contributed by atoms with Crippen LogP contribution in [0.1, 0.15) is 18.7 Å². The van der Waals surface area contributed by atoms with Crippen LogP contribution in [0.3, 0.4) is 0 Å². The highest BCUT2D eigenvalue weighted by Gasteiger charge is 2.58. The van der Waals surface area contributed by atoms with E-state index in [1.165, 1.54) is 36.5 Å². The summed E-state index contributed by atoms with van der Waals surface area (Å²) < 4.78 is 8.68. The molecule has 1 aromatic rings. The topological polar surface area (TPSA) is 102 Å². The fraction of sp³-hybridized carbons (Fsp3) is 0.412. The van der Waals surface area contributed by atoms with E-state index >= 15 is 0 Å². The first-order chi connectivity index (χ1) is 12.8. The van der Waals surface area contributed by atoms with Gasteiger partial charge in [-0.1, -0.05) is 6.07 Å². The Bertz CT molecular complexity index is 821. The van der Waals surface area contributed by atoms with Gasteiger partial charge in [-0.2, -0.15) is 0 Å². The number of esters is 2. The van der Waals surface area contributed by atoms with Crippen LogP contribution in [0.5, 0.6) is 0 Å². The summed E-state index contributed by atoms with van der Waals surface area (Å²) in [7, 11) is 1.23. The molecule has 3 atom stereocenters. The molecular weight excluding hydrogens is 392 g/mol. The highest BCUT2D eigenvalue weighted by molar-refractivity contribution is 8.02. The van der Waals surface area contributed by atoms with Crippen LogP contribution in [0, 0.1) is 0 Å². The molecule has 1 fully saturated rings. The average Bonchev–Trinajstić information content (AvgIpc) is 3.13. The van der Waals surface area contributed by atoms with Gasteiger partial charge in [0.25, 0.3) is 5.91 Å². The maximum Gasteiger partial charge on any atom is 0.329 e. The molecule has 2 aliphatic heterocycles. The summed E-state index contributed by atoms with van der Waals surface area (Å²) >= 11 is 2.56. The van der Waals surface area contributed by atoms with Crippen molar-refractivity contribution in [2.75, 3.05) is 7.11 Å². The fourth-order valence-electron chi connectivity index (χ4n) is 2.85. The number of thioether (sulfide) groups is 1. The smallest absolute Gasteiger partial charge is 0.329 e. The van der Waals surface area contributed by atoms with E-state index in [0.29, 0.717) is 0 Å². The number of carbonyl (C=O) groups is 4. The molecule has 10 heteroatoms. The molecule has 3 rings (SSSR count). The Balaban J connectivity index is 1.77. The molecule has 0 bridgehead atoms. The van der Waals surface area contributed by atoms with Crippen LogP contribution in [0.4, 0.5) is 0 Å². The number of nitrogens with zero attached hydrogens (tertiary/aromatic N) is 1. The van der Waals surface area contributed by atoms with Gasteiger partial charge in [-0.3, -0.25) is 24.1 Å². The van der Waals surface area contributed by atoms with Crippen LogP contribution in [-0.2, 0) is 35.1 Å². The summed E-state index contributed by atoms with van der Waals surface area (Å²) in [6.07, 6.45) is 1.52. The zero-order chi connectivity index (χ0) is 19.8. The summed E-state index contributed by atoms with van der Waals surface area (Å²) in [6, 6.07) is 2.93. The molecule has 0 spiro atoms. The predicted molar refractivity (Wildman–Crippen MR) is 98.4 cm³/mol. The number of carbonyl (C=O) groups excluding carboxylic acids is 4. The Morgan fingerprint density at radius 2 is 2.11 bits per heavy atom. The van der Waals surface area contributed by atoms with E-state index in [9.17, 15) is 19.2 Å². The molecule has 1 aromatic heterocycles. The van der Waals surface area contributed by atoms with E-state index in [1.807, 2.05) is 17.5 Å². The maximum atomic E-state index is 12.4. The van der Waals surface area contributed by atoms with Crippen LogP contribution in [0.25, 0.3) is 0 Å². The highest BCUT2D eigenvalue weighted by atomic mass is 32.2. The first kappa shape index (κ1) is 19.4. The zero-order valence-corrected chi connectivity index (χ0v) is 16.5. The highest BCUT2D eigenvalue weighted by Crippen LogP contribution is 2.48. The normalized spacial score (nSPS) is 26.4. The summed E-state index contributed by atoms with van der Waals surface area (Å²) in [4.78, 5) is 50.6. The minimum atomic E-state index is -1.31. The molecule has 0 aromatic carbocycles. The van der Waals surface area contributed by atoms with Gasteiger partial charge in [-0.25, -0.2) is 0 Å². The number of ether oxygens (including phenoxy) is 2. The van der Waals surface area contributed by atoms with Gasteiger partial charge >= 0.3 is 11.9 Å². The molecule has 0 saturated carbocycles. The third-order valence-electron chi connectivity index (χ3n) is 4.22. The van der Waals surface area contributed by atoms with Crippen molar-refractivity contribution in [2.24, 2.45) is 0 Å². The lowest BCUT2D eigenvalue weighted by molar-refractivity contribution is -0.149. The van der Waals surface area contributed by atoms with Gasteiger partial charge in [0.15, 0.2) is 10.5 Å². The van der Waals surface area contributed by atoms with Crippen molar-refractivity contribution >= 4 is 46.9 Å². The first-order valence-electron chi connectivity index (χ1n) is 8.07. The number of amides is 2. The number of rotatable bonds is 5. The molecule has 1 saturated heterocycles. The van der Waals surface area contributed by atoms with E-state index in [1.54, 1.807) is 6.92 Å². The quantitative estimate of drug-likeness (QED) is 0.571. The molecule has 8 nitrogen and oxygen atoms in total. The predicted octanol–water partition coefficient (Wildman–Crippen LogP) is 1.03. The third-order valence-corrected chi connectivity index (χ3v) is 6.68. The van der Waals surface area contributed by atoms with Gasteiger partial charge in [0, 0.05) is 18.0 Å². The van der Waals surface area contributed by atoms with E-state index in [0.717, 1.165) is 16.6 Å². The zero-order valence-electron chi connectivity index (χ0n) is 14.9. The lowest BCUT2D eigenvalue weighted by Crippen LogP contribution is -2.70. The lowest BCUT2D eigenvalue weighted by Gasteiger charge is -2.50. The fourth-order valence-corrected chi connectivity index (χ4v) is 5.02. The monoisotopic (exact) mass is 410 g/mol. The second kappa shape index (κ2) is 7.35. The largest absolute Gasteiger partial charge is 0.468 e. The van der Waals surface area contributed by atoms with Crippen molar-refractivity contribution in [3.8, 4) is 0 Å². The lowest BCUT2D eigenvalue weighted by atomic mass is 10.0. The molecule has 1 N–H and O–H groups in total. The van der Waals surface area contributed by atoms with Gasteiger partial charge in [-0.15, -0.1) is 23.1 Å². The van der Waals surface area contributed by atoms with Gasteiger partial charge in [0.1, 0.15) is 11.4 Å². The van der Waals surface area contributed by atoms with E-state index < -0.39 is 28.1 Å². The summed E-state index contributed by atoms with van der Waals surface area (Å²) in [5.74, 6) is -1.79. The van der Waals surface area contributed by atoms with Crippen molar-refractivity contribution in [2.45, 2.75) is 36.4 Å². The van der Waals surface area contributed by atoms with Gasteiger partial charge in [0.2, 0.25) is 5.91 Å². The minimum absolute atomic E-state index is 0.0276. The second-order valence-corrected chi connectivity index (χ2v) is 8.73. The van der Waals surface area contributed by atoms with Crippen LogP contribution < -0.4 is 5.32 Å². The number of β-lactam (4-membered cyclic amide) rings is 1. The standard InChI is InChI=1S/C17H18N2O6S2/c1-9(20)25-11-8-19-14(22)13(15(19)27-17(11,2)16(23)24-3)18-12(21)7-10-5-4-6-26-10/h4-6,8,13,15H,7H2,1-3H3,(H,18,21)/t13?,15-,17?/m1/s1. The molecule has 3 heterocycles. The van der Waals surface area contributed by atoms with Crippen LogP contribution >= 0.6 is 23.1 Å². The molecule has 2 amide bonds. The van der Waals surface area contributed by atoms with Crippen LogP contribution in [0.2, 0.25) is 0 Å². The average molecular weight is 410 g/mol. The Labute approximate surface area is 163 Å². The minimum Gasteiger partial charge on any atom is -0.468 e. The van der Waals surface area contributed by atoms with E-state index in [2.05, 4.69) is 5.32 Å². The molecule has 0 radical (unpaired) electrons. The van der Waals surface area contributed by atoms with Crippen LogP contribution in [-0.4, -0.2) is 51.9 Å². The molecule has 2 unspecified atom stereocenters. The molecule has 2 aliphatic rings. The van der Waals surface area contributed by atoms with Crippen molar-refractivity contribution in [3.05, 3.63) is 34.3 Å². The maximum absolute atomic E-state index is 12.4. The number of thiophene rings is 1. The van der Waals surface area contributed by atoms with Gasteiger partial charge in [-0.05, 0) is 18.4 Å². The molecule has 144 valence electrons. The van der Waals surface area contributed by atoms with Crippen LogP contribution in [0.15, 0.2) is 29.5 Å². The van der Waals surface area contributed by atoms with E-state index in [4.69, 9.17) is 9.47 Å². The number of nitrogens with one attached hydrogen (secondary N) is 1. The second-order valence-electron chi connectivity index (χ2n) is 6.17. The van der Waals surface area contributed by atoms with Gasteiger partial charge in [0.05, 0.1) is 13.5 Å². The van der Waals surface area contributed by atoms with Crippen molar-refractivity contribution in [3.63, 3.8) is 0 Å².